The Morgan fingerprint density at radius 2 is 2.05 bits per heavy atom. The highest BCUT2D eigenvalue weighted by molar-refractivity contribution is 7.91. The van der Waals surface area contributed by atoms with Crippen LogP contribution in [0.3, 0.4) is 0 Å². The minimum absolute atomic E-state index is 0.0384. The van der Waals surface area contributed by atoms with Crippen molar-refractivity contribution in [2.45, 2.75) is 30.9 Å². The Morgan fingerprint density at radius 3 is 2.55 bits per heavy atom. The predicted octanol–water partition coefficient (Wildman–Crippen LogP) is 1.59. The molecule has 2 rings (SSSR count). The van der Waals surface area contributed by atoms with Gasteiger partial charge in [0.15, 0.2) is 0 Å². The highest BCUT2D eigenvalue weighted by atomic mass is 32.2. The van der Waals surface area contributed by atoms with Crippen LogP contribution in [0.15, 0.2) is 16.3 Å². The van der Waals surface area contributed by atoms with Crippen molar-refractivity contribution in [3.8, 4) is 0 Å². The van der Waals surface area contributed by atoms with Crippen molar-refractivity contribution < 1.29 is 13.2 Å². The average molecular weight is 316 g/mol. The highest BCUT2D eigenvalue weighted by Gasteiger charge is 2.32. The van der Waals surface area contributed by atoms with Crippen LogP contribution >= 0.6 is 11.3 Å². The number of hydrogen-bond donors (Lipinski definition) is 1. The van der Waals surface area contributed by atoms with Crippen molar-refractivity contribution in [2.24, 2.45) is 5.92 Å². The fourth-order valence-corrected chi connectivity index (χ4v) is 5.26. The maximum atomic E-state index is 12.4. The molecule has 0 aromatic carbocycles. The van der Waals surface area contributed by atoms with Gasteiger partial charge in [-0.3, -0.25) is 4.79 Å². The zero-order valence-electron chi connectivity index (χ0n) is 11.8. The van der Waals surface area contributed by atoms with Crippen molar-refractivity contribution in [1.29, 1.82) is 0 Å². The summed E-state index contributed by atoms with van der Waals surface area (Å²) < 4.78 is 26.8. The minimum atomic E-state index is -3.38. The molecule has 1 amide bonds. The van der Waals surface area contributed by atoms with Gasteiger partial charge in [-0.25, -0.2) is 8.42 Å². The van der Waals surface area contributed by atoms with E-state index in [9.17, 15) is 13.2 Å². The molecule has 0 spiro atoms. The number of sulfonamides is 1. The number of piperidine rings is 1. The normalized spacial score (nSPS) is 18.1. The third-order valence-electron chi connectivity index (χ3n) is 3.49. The van der Waals surface area contributed by atoms with Gasteiger partial charge in [0.1, 0.15) is 4.21 Å². The van der Waals surface area contributed by atoms with Crippen LogP contribution in [0.2, 0.25) is 0 Å². The smallest absolute Gasteiger partial charge is 0.252 e. The number of aryl methyl sites for hydroxylation is 1. The number of carbonyl (C=O) groups excluding carboxylic acids is 1. The summed E-state index contributed by atoms with van der Waals surface area (Å²) in [5.74, 6) is -0.0250. The van der Waals surface area contributed by atoms with Crippen LogP contribution in [0.4, 0.5) is 0 Å². The highest BCUT2D eigenvalue weighted by Crippen LogP contribution is 2.28. The molecule has 2 heterocycles. The van der Waals surface area contributed by atoms with E-state index in [-0.39, 0.29) is 11.8 Å². The largest absolute Gasteiger partial charge is 0.356 e. The Hall–Kier alpha value is -0.920. The van der Waals surface area contributed by atoms with Crippen molar-refractivity contribution in [3.05, 3.63) is 17.0 Å². The molecular formula is C13H20N2O3S2. The Labute approximate surface area is 124 Å². The Bertz CT molecular complexity index is 572. The van der Waals surface area contributed by atoms with Gasteiger partial charge in [0.2, 0.25) is 5.91 Å². The average Bonchev–Trinajstić information content (AvgIpc) is 2.86. The number of nitrogens with one attached hydrogen (secondary N) is 1. The first-order valence-corrected chi connectivity index (χ1v) is 9.05. The standard InChI is InChI=1S/C13H20N2O3S2/c1-3-14-13(16)11-6-8-15(9-7-11)20(17,18)12-5-4-10(2)19-12/h4-5,11H,3,6-9H2,1-2H3,(H,14,16). The predicted molar refractivity (Wildman–Crippen MR) is 79.2 cm³/mol. The fourth-order valence-electron chi connectivity index (χ4n) is 2.35. The molecule has 1 aromatic rings. The number of rotatable bonds is 4. The van der Waals surface area contributed by atoms with E-state index in [1.54, 1.807) is 6.07 Å². The molecule has 1 aliphatic heterocycles. The summed E-state index contributed by atoms with van der Waals surface area (Å²) in [6.45, 7) is 5.23. The Kier molecular flexibility index (Phi) is 4.82. The van der Waals surface area contributed by atoms with Crippen LogP contribution in [0.1, 0.15) is 24.6 Å². The van der Waals surface area contributed by atoms with E-state index in [1.165, 1.54) is 15.6 Å². The van der Waals surface area contributed by atoms with Gasteiger partial charge in [-0.2, -0.15) is 4.31 Å². The fraction of sp³-hybridized carbons (Fsp3) is 0.615. The van der Waals surface area contributed by atoms with Crippen LogP contribution in [0.5, 0.6) is 0 Å². The summed E-state index contributed by atoms with van der Waals surface area (Å²) in [7, 11) is -3.38. The summed E-state index contributed by atoms with van der Waals surface area (Å²) in [5.41, 5.74) is 0. The summed E-state index contributed by atoms with van der Waals surface area (Å²) in [6, 6.07) is 3.48. The number of carbonyl (C=O) groups is 1. The molecule has 5 nitrogen and oxygen atoms in total. The van der Waals surface area contributed by atoms with Crippen LogP contribution in [-0.2, 0) is 14.8 Å². The van der Waals surface area contributed by atoms with E-state index in [4.69, 9.17) is 0 Å². The molecule has 0 atom stereocenters. The Balaban J connectivity index is 2.02. The van der Waals surface area contributed by atoms with Crippen molar-refractivity contribution in [2.75, 3.05) is 19.6 Å². The third-order valence-corrected chi connectivity index (χ3v) is 6.85. The summed E-state index contributed by atoms with van der Waals surface area (Å²) in [4.78, 5) is 12.7. The molecule has 1 N–H and O–H groups in total. The molecule has 1 aromatic heterocycles. The Morgan fingerprint density at radius 1 is 1.40 bits per heavy atom. The van der Waals surface area contributed by atoms with Crippen LogP contribution in [-0.4, -0.2) is 38.3 Å². The van der Waals surface area contributed by atoms with E-state index in [1.807, 2.05) is 19.9 Å². The lowest BCUT2D eigenvalue weighted by Crippen LogP contribution is -2.42. The summed E-state index contributed by atoms with van der Waals surface area (Å²) in [5, 5.41) is 2.80. The van der Waals surface area contributed by atoms with Crippen LogP contribution < -0.4 is 5.32 Å². The van der Waals surface area contributed by atoms with Gasteiger partial charge in [-0.15, -0.1) is 11.3 Å². The quantitative estimate of drug-likeness (QED) is 0.917. The third kappa shape index (κ3) is 3.21. The lowest BCUT2D eigenvalue weighted by molar-refractivity contribution is -0.126. The van der Waals surface area contributed by atoms with E-state index in [0.717, 1.165) is 4.88 Å². The molecule has 0 aliphatic carbocycles. The number of amides is 1. The first-order chi connectivity index (χ1) is 9.45. The number of thiophene rings is 1. The SMILES string of the molecule is CCNC(=O)C1CCN(S(=O)(=O)c2ccc(C)s2)CC1. The van der Waals surface area contributed by atoms with Gasteiger partial charge in [-0.1, -0.05) is 0 Å². The van der Waals surface area contributed by atoms with E-state index >= 15 is 0 Å². The molecule has 20 heavy (non-hydrogen) atoms. The van der Waals surface area contributed by atoms with Gasteiger partial charge >= 0.3 is 0 Å². The zero-order valence-corrected chi connectivity index (χ0v) is 13.4. The second-order valence-corrected chi connectivity index (χ2v) is 8.39. The molecule has 1 aliphatic rings. The molecule has 0 unspecified atom stereocenters. The lowest BCUT2D eigenvalue weighted by Gasteiger charge is -2.30. The summed E-state index contributed by atoms with van der Waals surface area (Å²) >= 11 is 1.29. The molecule has 112 valence electrons. The first-order valence-electron chi connectivity index (χ1n) is 6.79. The van der Waals surface area contributed by atoms with E-state index in [2.05, 4.69) is 5.32 Å². The van der Waals surface area contributed by atoms with Gasteiger partial charge in [-0.05, 0) is 38.8 Å². The van der Waals surface area contributed by atoms with Gasteiger partial charge < -0.3 is 5.32 Å². The number of nitrogens with zero attached hydrogens (tertiary/aromatic N) is 1. The van der Waals surface area contributed by atoms with E-state index in [0.29, 0.717) is 36.7 Å². The lowest BCUT2D eigenvalue weighted by atomic mass is 9.97. The van der Waals surface area contributed by atoms with Gasteiger partial charge in [0.05, 0.1) is 0 Å². The van der Waals surface area contributed by atoms with Gasteiger partial charge in [0, 0.05) is 30.4 Å². The van der Waals surface area contributed by atoms with Gasteiger partial charge in [0.25, 0.3) is 10.0 Å². The number of hydrogen-bond acceptors (Lipinski definition) is 4. The molecule has 1 saturated heterocycles. The minimum Gasteiger partial charge on any atom is -0.356 e. The second kappa shape index (κ2) is 6.24. The monoisotopic (exact) mass is 316 g/mol. The molecule has 0 radical (unpaired) electrons. The maximum absolute atomic E-state index is 12.4. The summed E-state index contributed by atoms with van der Waals surface area (Å²) in [6.07, 6.45) is 1.19. The second-order valence-electron chi connectivity index (χ2n) is 4.94. The molecular weight excluding hydrogens is 296 g/mol. The van der Waals surface area contributed by atoms with Crippen molar-refractivity contribution in [3.63, 3.8) is 0 Å². The van der Waals surface area contributed by atoms with Crippen molar-refractivity contribution >= 4 is 27.3 Å². The zero-order chi connectivity index (χ0) is 14.8. The molecule has 0 bridgehead atoms. The van der Waals surface area contributed by atoms with Crippen molar-refractivity contribution in [1.82, 2.24) is 9.62 Å². The van der Waals surface area contributed by atoms with Crippen LogP contribution in [0, 0.1) is 12.8 Å². The molecule has 1 fully saturated rings. The first kappa shape index (κ1) is 15.5. The molecule has 0 saturated carbocycles. The van der Waals surface area contributed by atoms with Crippen LogP contribution in [0.25, 0.3) is 0 Å². The van der Waals surface area contributed by atoms with E-state index < -0.39 is 10.0 Å². The molecule has 7 heteroatoms. The topological polar surface area (TPSA) is 66.5 Å². The maximum Gasteiger partial charge on any atom is 0.252 e.